The Labute approximate surface area is 153 Å². The van der Waals surface area contributed by atoms with Gasteiger partial charge in [-0.05, 0) is 23.3 Å². The molecule has 5 heteroatoms. The SMILES string of the molecule is O=C(Cc1ccc(Cl)cc1)NC(CN1CCOCC1)c1ccccc1. The molecule has 0 aliphatic carbocycles. The molecule has 0 spiro atoms. The first-order valence-corrected chi connectivity index (χ1v) is 8.97. The summed E-state index contributed by atoms with van der Waals surface area (Å²) in [5, 5.41) is 3.87. The van der Waals surface area contributed by atoms with Crippen LogP contribution < -0.4 is 5.32 Å². The molecule has 132 valence electrons. The van der Waals surface area contributed by atoms with Crippen molar-refractivity contribution in [1.29, 1.82) is 0 Å². The normalized spacial score (nSPS) is 16.4. The number of rotatable bonds is 6. The van der Waals surface area contributed by atoms with Gasteiger partial charge in [-0.15, -0.1) is 0 Å². The topological polar surface area (TPSA) is 41.6 Å². The van der Waals surface area contributed by atoms with Gasteiger partial charge in [-0.25, -0.2) is 0 Å². The zero-order valence-electron chi connectivity index (χ0n) is 14.2. The number of hydrogen-bond donors (Lipinski definition) is 1. The van der Waals surface area contributed by atoms with Crippen LogP contribution in [0.4, 0.5) is 0 Å². The van der Waals surface area contributed by atoms with E-state index < -0.39 is 0 Å². The van der Waals surface area contributed by atoms with E-state index in [-0.39, 0.29) is 11.9 Å². The van der Waals surface area contributed by atoms with E-state index in [1.54, 1.807) is 0 Å². The molecule has 1 N–H and O–H groups in total. The third kappa shape index (κ3) is 5.56. The van der Waals surface area contributed by atoms with Crippen LogP contribution in [0.2, 0.25) is 5.02 Å². The molecule has 0 saturated carbocycles. The van der Waals surface area contributed by atoms with Crippen LogP contribution in [0.5, 0.6) is 0 Å². The second-order valence-electron chi connectivity index (χ2n) is 6.25. The Kier molecular flexibility index (Phi) is 6.45. The number of hydrogen-bond acceptors (Lipinski definition) is 3. The van der Waals surface area contributed by atoms with Crippen LogP contribution in [0, 0.1) is 0 Å². The van der Waals surface area contributed by atoms with Crippen LogP contribution in [0.15, 0.2) is 54.6 Å². The molecule has 2 aromatic carbocycles. The lowest BCUT2D eigenvalue weighted by Crippen LogP contribution is -2.43. The number of carbonyl (C=O) groups excluding carboxylic acids is 1. The van der Waals surface area contributed by atoms with Crippen LogP contribution >= 0.6 is 11.6 Å². The minimum absolute atomic E-state index is 0.0180. The van der Waals surface area contributed by atoms with E-state index in [1.807, 2.05) is 42.5 Å². The summed E-state index contributed by atoms with van der Waals surface area (Å²) in [7, 11) is 0. The van der Waals surface area contributed by atoms with Gasteiger partial charge in [-0.1, -0.05) is 54.1 Å². The molecule has 1 unspecified atom stereocenters. The van der Waals surface area contributed by atoms with Gasteiger partial charge < -0.3 is 10.1 Å². The van der Waals surface area contributed by atoms with E-state index in [0.29, 0.717) is 11.4 Å². The molecular weight excluding hydrogens is 336 g/mol. The Bertz CT molecular complexity index is 670. The molecule has 3 rings (SSSR count). The number of morpholine rings is 1. The fourth-order valence-electron chi connectivity index (χ4n) is 2.99. The Balaban J connectivity index is 1.65. The first-order chi connectivity index (χ1) is 12.2. The van der Waals surface area contributed by atoms with Crippen molar-refractivity contribution in [3.8, 4) is 0 Å². The fourth-order valence-corrected chi connectivity index (χ4v) is 3.12. The Morgan fingerprint density at radius 1 is 1.08 bits per heavy atom. The standard InChI is InChI=1S/C20H23ClN2O2/c21-18-8-6-16(7-9-18)14-20(24)22-19(17-4-2-1-3-5-17)15-23-10-12-25-13-11-23/h1-9,19H,10-15H2,(H,22,24). The number of nitrogens with zero attached hydrogens (tertiary/aromatic N) is 1. The predicted octanol–water partition coefficient (Wildman–Crippen LogP) is 3.07. The molecule has 0 aromatic heterocycles. The maximum absolute atomic E-state index is 12.5. The molecule has 2 aromatic rings. The summed E-state index contributed by atoms with van der Waals surface area (Å²) in [5.74, 6) is 0.0180. The van der Waals surface area contributed by atoms with Gasteiger partial charge in [0.1, 0.15) is 0 Å². The molecule has 1 aliphatic heterocycles. The molecule has 1 atom stereocenters. The van der Waals surface area contributed by atoms with Crippen molar-refractivity contribution in [2.75, 3.05) is 32.8 Å². The number of ether oxygens (including phenoxy) is 1. The number of nitrogens with one attached hydrogen (secondary N) is 1. The first kappa shape index (κ1) is 17.9. The van der Waals surface area contributed by atoms with E-state index in [2.05, 4.69) is 22.3 Å². The summed E-state index contributed by atoms with van der Waals surface area (Å²) in [6.07, 6.45) is 0.351. The lowest BCUT2D eigenvalue weighted by molar-refractivity contribution is -0.121. The van der Waals surface area contributed by atoms with Gasteiger partial charge >= 0.3 is 0 Å². The first-order valence-electron chi connectivity index (χ1n) is 8.59. The quantitative estimate of drug-likeness (QED) is 0.862. The van der Waals surface area contributed by atoms with Gasteiger partial charge in [0, 0.05) is 24.7 Å². The van der Waals surface area contributed by atoms with Crippen LogP contribution in [0.25, 0.3) is 0 Å². The Hall–Kier alpha value is -1.88. The van der Waals surface area contributed by atoms with Crippen LogP contribution in [0.3, 0.4) is 0 Å². The zero-order valence-corrected chi connectivity index (χ0v) is 14.9. The molecule has 0 bridgehead atoms. The van der Waals surface area contributed by atoms with Crippen molar-refractivity contribution >= 4 is 17.5 Å². The van der Waals surface area contributed by atoms with Gasteiger partial charge in [0.15, 0.2) is 0 Å². The van der Waals surface area contributed by atoms with E-state index in [9.17, 15) is 4.79 Å². The minimum atomic E-state index is -0.0286. The van der Waals surface area contributed by atoms with Gasteiger partial charge in [-0.3, -0.25) is 9.69 Å². The van der Waals surface area contributed by atoms with Crippen LogP contribution in [-0.2, 0) is 16.0 Å². The Morgan fingerprint density at radius 2 is 1.76 bits per heavy atom. The van der Waals surface area contributed by atoms with Crippen molar-refractivity contribution < 1.29 is 9.53 Å². The van der Waals surface area contributed by atoms with E-state index >= 15 is 0 Å². The molecule has 1 aliphatic rings. The van der Waals surface area contributed by atoms with Crippen molar-refractivity contribution in [1.82, 2.24) is 10.2 Å². The second kappa shape index (κ2) is 8.99. The molecule has 1 saturated heterocycles. The second-order valence-corrected chi connectivity index (χ2v) is 6.68. The predicted molar refractivity (Wildman–Crippen MR) is 99.7 cm³/mol. The molecule has 1 heterocycles. The fraction of sp³-hybridized carbons (Fsp3) is 0.350. The molecule has 25 heavy (non-hydrogen) atoms. The maximum Gasteiger partial charge on any atom is 0.224 e. The average molecular weight is 359 g/mol. The highest BCUT2D eigenvalue weighted by atomic mass is 35.5. The van der Waals surface area contributed by atoms with Crippen molar-refractivity contribution in [2.24, 2.45) is 0 Å². The lowest BCUT2D eigenvalue weighted by atomic mass is 10.1. The summed E-state index contributed by atoms with van der Waals surface area (Å²) in [6.45, 7) is 4.09. The van der Waals surface area contributed by atoms with E-state index in [1.165, 1.54) is 0 Å². The average Bonchev–Trinajstić information content (AvgIpc) is 2.65. The van der Waals surface area contributed by atoms with E-state index in [0.717, 1.165) is 44.0 Å². The lowest BCUT2D eigenvalue weighted by Gasteiger charge is -2.31. The molecular formula is C20H23ClN2O2. The summed E-state index contributed by atoms with van der Waals surface area (Å²) < 4.78 is 5.42. The largest absolute Gasteiger partial charge is 0.379 e. The van der Waals surface area contributed by atoms with Crippen LogP contribution in [0.1, 0.15) is 17.2 Å². The number of carbonyl (C=O) groups is 1. The highest BCUT2D eigenvalue weighted by Gasteiger charge is 2.20. The Morgan fingerprint density at radius 3 is 2.44 bits per heavy atom. The monoisotopic (exact) mass is 358 g/mol. The molecule has 0 radical (unpaired) electrons. The number of halogens is 1. The maximum atomic E-state index is 12.5. The van der Waals surface area contributed by atoms with Crippen molar-refractivity contribution in [2.45, 2.75) is 12.5 Å². The summed E-state index contributed by atoms with van der Waals surface area (Å²) in [4.78, 5) is 14.9. The zero-order chi connectivity index (χ0) is 17.5. The summed E-state index contributed by atoms with van der Waals surface area (Å²) in [5.41, 5.74) is 2.08. The van der Waals surface area contributed by atoms with E-state index in [4.69, 9.17) is 16.3 Å². The number of benzene rings is 2. The third-order valence-electron chi connectivity index (χ3n) is 4.36. The molecule has 4 nitrogen and oxygen atoms in total. The molecule has 1 amide bonds. The van der Waals surface area contributed by atoms with Crippen molar-refractivity contribution in [3.63, 3.8) is 0 Å². The highest BCUT2D eigenvalue weighted by Crippen LogP contribution is 2.16. The third-order valence-corrected chi connectivity index (χ3v) is 4.61. The molecule has 1 fully saturated rings. The van der Waals surface area contributed by atoms with Gasteiger partial charge in [-0.2, -0.15) is 0 Å². The van der Waals surface area contributed by atoms with Crippen molar-refractivity contribution in [3.05, 3.63) is 70.7 Å². The highest BCUT2D eigenvalue weighted by molar-refractivity contribution is 6.30. The van der Waals surface area contributed by atoms with Gasteiger partial charge in [0.25, 0.3) is 0 Å². The summed E-state index contributed by atoms with van der Waals surface area (Å²) >= 11 is 5.90. The van der Waals surface area contributed by atoms with Crippen LogP contribution in [-0.4, -0.2) is 43.7 Å². The van der Waals surface area contributed by atoms with Gasteiger partial charge in [0.05, 0.1) is 25.7 Å². The number of amides is 1. The smallest absolute Gasteiger partial charge is 0.224 e. The summed E-state index contributed by atoms with van der Waals surface area (Å²) in [6, 6.07) is 17.5. The minimum Gasteiger partial charge on any atom is -0.379 e. The van der Waals surface area contributed by atoms with Gasteiger partial charge in [0.2, 0.25) is 5.91 Å².